The first-order valence-corrected chi connectivity index (χ1v) is 8.12. The van der Waals surface area contributed by atoms with Crippen molar-refractivity contribution in [2.24, 2.45) is 0 Å². The molecule has 21 heavy (non-hydrogen) atoms. The number of aromatic amines is 2. The lowest BCUT2D eigenvalue weighted by atomic mass is 10.3. The topological polar surface area (TPSA) is 116 Å². The van der Waals surface area contributed by atoms with E-state index < -0.39 is 10.0 Å². The molecule has 4 N–H and O–H groups in total. The maximum atomic E-state index is 12.4. The van der Waals surface area contributed by atoms with Crippen LogP contribution in [0, 0.1) is 6.92 Å². The van der Waals surface area contributed by atoms with Crippen LogP contribution in [-0.2, 0) is 23.1 Å². The Morgan fingerprint density at radius 3 is 2.71 bits per heavy atom. The Balaban J connectivity index is 2.16. The number of hydrogen-bond donors (Lipinski definition) is 4. The van der Waals surface area contributed by atoms with Crippen molar-refractivity contribution in [1.29, 1.82) is 0 Å². The molecule has 0 saturated carbocycles. The molecule has 0 aliphatic heterocycles. The third-order valence-corrected chi connectivity index (χ3v) is 4.52. The van der Waals surface area contributed by atoms with Gasteiger partial charge in [-0.3, -0.25) is 5.10 Å². The van der Waals surface area contributed by atoms with Gasteiger partial charge >= 0.3 is 0 Å². The second-order valence-corrected chi connectivity index (χ2v) is 6.77. The van der Waals surface area contributed by atoms with Crippen molar-refractivity contribution in [1.82, 2.24) is 30.2 Å². The summed E-state index contributed by atoms with van der Waals surface area (Å²) in [5.41, 5.74) is 1.70. The minimum absolute atomic E-state index is 0.157. The summed E-state index contributed by atoms with van der Waals surface area (Å²) >= 11 is 0. The van der Waals surface area contributed by atoms with Crippen LogP contribution in [-0.4, -0.2) is 34.6 Å². The lowest BCUT2D eigenvalue weighted by Gasteiger charge is -2.09. The normalized spacial score (nSPS) is 12.2. The van der Waals surface area contributed by atoms with Crippen molar-refractivity contribution >= 4 is 10.0 Å². The molecule has 0 aliphatic rings. The Labute approximate surface area is 123 Å². The van der Waals surface area contributed by atoms with E-state index in [1.54, 1.807) is 13.1 Å². The predicted molar refractivity (Wildman–Crippen MR) is 77.9 cm³/mol. The summed E-state index contributed by atoms with van der Waals surface area (Å²) in [4.78, 5) is 6.90. The zero-order chi connectivity index (χ0) is 15.5. The van der Waals surface area contributed by atoms with Gasteiger partial charge in [-0.1, -0.05) is 13.8 Å². The highest BCUT2D eigenvalue weighted by Crippen LogP contribution is 2.17. The lowest BCUT2D eigenvalue weighted by Crippen LogP contribution is -2.27. The summed E-state index contributed by atoms with van der Waals surface area (Å²) in [5, 5.41) is 9.97. The van der Waals surface area contributed by atoms with Crippen molar-refractivity contribution in [3.05, 3.63) is 29.6 Å². The molecule has 0 amide bonds. The number of aryl methyl sites for hydroxylation is 1. The third kappa shape index (κ3) is 3.90. The van der Waals surface area contributed by atoms with E-state index in [0.29, 0.717) is 23.6 Å². The molecule has 0 fully saturated rings. The average Bonchev–Trinajstić information content (AvgIpc) is 3.03. The molecule has 0 aromatic carbocycles. The van der Waals surface area contributed by atoms with Crippen molar-refractivity contribution in [3.63, 3.8) is 0 Å². The van der Waals surface area contributed by atoms with Gasteiger partial charge in [-0.25, -0.2) is 18.1 Å². The highest BCUT2D eigenvalue weighted by atomic mass is 32.2. The van der Waals surface area contributed by atoms with Gasteiger partial charge in [0.15, 0.2) is 0 Å². The Morgan fingerprint density at radius 1 is 1.33 bits per heavy atom. The molecule has 9 heteroatoms. The maximum absolute atomic E-state index is 12.4. The van der Waals surface area contributed by atoms with Crippen LogP contribution in [0.3, 0.4) is 0 Å². The summed E-state index contributed by atoms with van der Waals surface area (Å²) in [6.45, 7) is 6.22. The minimum atomic E-state index is -3.63. The van der Waals surface area contributed by atoms with Gasteiger partial charge in [0, 0.05) is 24.5 Å². The molecule has 0 aliphatic carbocycles. The van der Waals surface area contributed by atoms with Crippen molar-refractivity contribution in [2.45, 2.75) is 44.8 Å². The van der Waals surface area contributed by atoms with E-state index >= 15 is 0 Å². The van der Waals surface area contributed by atoms with Gasteiger partial charge in [0.1, 0.15) is 4.90 Å². The zero-order valence-corrected chi connectivity index (χ0v) is 13.1. The van der Waals surface area contributed by atoms with Gasteiger partial charge in [-0.05, 0) is 6.92 Å². The van der Waals surface area contributed by atoms with Crippen LogP contribution in [0.2, 0.25) is 0 Å². The van der Waals surface area contributed by atoms with Gasteiger partial charge in [0.05, 0.1) is 24.3 Å². The van der Waals surface area contributed by atoms with Crippen molar-refractivity contribution in [2.75, 3.05) is 0 Å². The largest absolute Gasteiger partial charge is 0.347 e. The molecule has 2 aromatic heterocycles. The fourth-order valence-corrected chi connectivity index (χ4v) is 3.24. The second kappa shape index (κ2) is 6.37. The van der Waals surface area contributed by atoms with E-state index in [4.69, 9.17) is 0 Å². The molecule has 8 nitrogen and oxygen atoms in total. The molecule has 2 rings (SSSR count). The summed E-state index contributed by atoms with van der Waals surface area (Å²) in [7, 11) is -3.63. The summed E-state index contributed by atoms with van der Waals surface area (Å²) in [6, 6.07) is 0.246. The number of imidazole rings is 1. The van der Waals surface area contributed by atoms with Crippen LogP contribution in [0.15, 0.2) is 17.4 Å². The van der Waals surface area contributed by atoms with Crippen LogP contribution in [0.5, 0.6) is 0 Å². The minimum Gasteiger partial charge on any atom is -0.347 e. The van der Waals surface area contributed by atoms with Crippen LogP contribution in [0.4, 0.5) is 0 Å². The third-order valence-electron chi connectivity index (χ3n) is 2.92. The summed E-state index contributed by atoms with van der Waals surface area (Å²) in [5.74, 6) is 0. The van der Waals surface area contributed by atoms with Gasteiger partial charge in [0.25, 0.3) is 0 Å². The second-order valence-electron chi connectivity index (χ2n) is 5.06. The Bertz CT molecular complexity index is 675. The zero-order valence-electron chi connectivity index (χ0n) is 12.3. The standard InChI is InChI=1S/C12H20N6O2S/c1-8(2)14-6-11-12(9(3)17-18-11)21(19,20)16-5-10-4-13-7-15-10/h4,7-8,14,16H,5-6H2,1-3H3,(H,13,15)(H,17,18). The van der Waals surface area contributed by atoms with E-state index in [0.717, 1.165) is 0 Å². The summed E-state index contributed by atoms with van der Waals surface area (Å²) < 4.78 is 27.4. The molecule has 2 aromatic rings. The van der Waals surface area contributed by atoms with Crippen LogP contribution >= 0.6 is 0 Å². The molecule has 0 unspecified atom stereocenters. The van der Waals surface area contributed by atoms with Gasteiger partial charge < -0.3 is 10.3 Å². The molecule has 0 spiro atoms. The highest BCUT2D eigenvalue weighted by Gasteiger charge is 2.24. The first-order chi connectivity index (χ1) is 9.90. The SMILES string of the molecule is Cc1[nH]nc(CNC(C)C)c1S(=O)(=O)NCc1cnc[nH]1. The van der Waals surface area contributed by atoms with E-state index in [1.165, 1.54) is 6.33 Å². The Hall–Kier alpha value is -1.71. The summed E-state index contributed by atoms with van der Waals surface area (Å²) in [6.07, 6.45) is 3.08. The Morgan fingerprint density at radius 2 is 2.10 bits per heavy atom. The molecule has 2 heterocycles. The molecular formula is C12H20N6O2S. The van der Waals surface area contributed by atoms with Gasteiger partial charge in [-0.2, -0.15) is 5.10 Å². The van der Waals surface area contributed by atoms with E-state index in [-0.39, 0.29) is 17.5 Å². The number of hydrogen-bond acceptors (Lipinski definition) is 5. The number of nitrogens with one attached hydrogen (secondary N) is 4. The van der Waals surface area contributed by atoms with Crippen LogP contribution < -0.4 is 10.0 Å². The number of aromatic nitrogens is 4. The highest BCUT2D eigenvalue weighted by molar-refractivity contribution is 7.89. The lowest BCUT2D eigenvalue weighted by molar-refractivity contribution is 0.563. The monoisotopic (exact) mass is 312 g/mol. The fourth-order valence-electron chi connectivity index (χ4n) is 1.87. The quantitative estimate of drug-likeness (QED) is 0.591. The van der Waals surface area contributed by atoms with Crippen molar-refractivity contribution < 1.29 is 8.42 Å². The number of sulfonamides is 1. The smallest absolute Gasteiger partial charge is 0.244 e. The first kappa shape index (κ1) is 15.7. The van der Waals surface area contributed by atoms with E-state index in [1.807, 2.05) is 13.8 Å². The molecule has 0 saturated heterocycles. The fraction of sp³-hybridized carbons (Fsp3) is 0.500. The average molecular weight is 312 g/mol. The van der Waals surface area contributed by atoms with Crippen molar-refractivity contribution in [3.8, 4) is 0 Å². The molecule has 0 bridgehead atoms. The molecule has 0 radical (unpaired) electrons. The van der Waals surface area contributed by atoms with Crippen LogP contribution in [0.25, 0.3) is 0 Å². The first-order valence-electron chi connectivity index (χ1n) is 6.64. The van der Waals surface area contributed by atoms with E-state index in [2.05, 4.69) is 30.2 Å². The predicted octanol–water partition coefficient (Wildman–Crippen LogP) is 0.418. The van der Waals surface area contributed by atoms with Gasteiger partial charge in [0.2, 0.25) is 10.0 Å². The Kier molecular flexibility index (Phi) is 4.76. The number of rotatable bonds is 7. The molecule has 116 valence electrons. The maximum Gasteiger partial charge on any atom is 0.244 e. The van der Waals surface area contributed by atoms with E-state index in [9.17, 15) is 8.42 Å². The molecule has 0 atom stereocenters. The number of H-pyrrole nitrogens is 2. The molecular weight excluding hydrogens is 292 g/mol. The van der Waals surface area contributed by atoms with Gasteiger partial charge in [-0.15, -0.1) is 0 Å². The number of nitrogens with zero attached hydrogens (tertiary/aromatic N) is 2. The van der Waals surface area contributed by atoms with Crippen LogP contribution in [0.1, 0.15) is 30.9 Å².